The van der Waals surface area contributed by atoms with Crippen molar-refractivity contribution in [3.05, 3.63) is 27.8 Å². The molecule has 0 amide bonds. The van der Waals surface area contributed by atoms with E-state index < -0.39 is 15.4 Å². The van der Waals surface area contributed by atoms with Crippen LogP contribution in [0.1, 0.15) is 25.7 Å². The van der Waals surface area contributed by atoms with E-state index in [4.69, 9.17) is 4.74 Å². The Labute approximate surface area is 192 Å². The molecule has 3 fully saturated rings. The monoisotopic (exact) mass is 547 g/mol. The number of cyclic esters (lactones) is 1. The van der Waals surface area contributed by atoms with Crippen molar-refractivity contribution in [2.75, 3.05) is 57.0 Å². The van der Waals surface area contributed by atoms with Crippen LogP contribution < -0.4 is 4.90 Å². The molecule has 3 saturated heterocycles. The molecule has 1 aromatic rings. The second-order valence-corrected chi connectivity index (χ2v) is 12.0. The van der Waals surface area contributed by atoms with Crippen molar-refractivity contribution >= 4 is 44.3 Å². The second-order valence-electron chi connectivity index (χ2n) is 8.77. The van der Waals surface area contributed by atoms with Gasteiger partial charge < -0.3 is 9.64 Å². The highest BCUT2D eigenvalue weighted by Gasteiger charge is 2.51. The molecule has 3 aliphatic heterocycles. The quantitative estimate of drug-likeness (QED) is 0.416. The zero-order chi connectivity index (χ0) is 21.4. The molecule has 0 aliphatic carbocycles. The van der Waals surface area contributed by atoms with Crippen LogP contribution in [-0.2, 0) is 19.6 Å². The van der Waals surface area contributed by atoms with Crippen LogP contribution >= 0.6 is 22.6 Å². The standard InChI is InChI=1S/C21H30IN3O4S/c1-30(27,28)25-10-7-21(8-11-25)16-19(29-20(21)26)6-9-23-12-14-24(15-13-23)18-4-2-17(22)3-5-18/h2-5,19H,6-16H2,1H3/t19-/m1/s1. The van der Waals surface area contributed by atoms with E-state index in [0.717, 1.165) is 45.6 Å². The fourth-order valence-corrected chi connectivity index (χ4v) is 6.07. The average molecular weight is 547 g/mol. The van der Waals surface area contributed by atoms with Gasteiger partial charge in [-0.3, -0.25) is 9.69 Å². The maximum absolute atomic E-state index is 12.6. The van der Waals surface area contributed by atoms with Gasteiger partial charge in [0.15, 0.2) is 0 Å². The molecular weight excluding hydrogens is 517 g/mol. The summed E-state index contributed by atoms with van der Waals surface area (Å²) in [7, 11) is -3.18. The maximum Gasteiger partial charge on any atom is 0.312 e. The third-order valence-electron chi connectivity index (χ3n) is 6.81. The Morgan fingerprint density at radius 2 is 1.70 bits per heavy atom. The Balaban J connectivity index is 1.23. The number of piperidine rings is 1. The third-order valence-corrected chi connectivity index (χ3v) is 8.83. The summed E-state index contributed by atoms with van der Waals surface area (Å²) in [6, 6.07) is 8.66. The number of esters is 1. The Morgan fingerprint density at radius 3 is 2.30 bits per heavy atom. The first-order chi connectivity index (χ1) is 14.2. The first kappa shape index (κ1) is 22.3. The smallest absolute Gasteiger partial charge is 0.312 e. The van der Waals surface area contributed by atoms with E-state index in [1.54, 1.807) is 0 Å². The van der Waals surface area contributed by atoms with Gasteiger partial charge >= 0.3 is 5.97 Å². The second kappa shape index (κ2) is 8.91. The largest absolute Gasteiger partial charge is 0.462 e. The van der Waals surface area contributed by atoms with Crippen molar-refractivity contribution in [2.45, 2.75) is 31.8 Å². The van der Waals surface area contributed by atoms with Crippen molar-refractivity contribution in [1.82, 2.24) is 9.21 Å². The molecule has 0 unspecified atom stereocenters. The predicted octanol–water partition coefficient (Wildman–Crippen LogP) is 2.16. The number of rotatable bonds is 5. The molecule has 1 spiro atoms. The van der Waals surface area contributed by atoms with Crippen molar-refractivity contribution in [3.63, 3.8) is 0 Å². The molecule has 30 heavy (non-hydrogen) atoms. The first-order valence-corrected chi connectivity index (χ1v) is 13.6. The van der Waals surface area contributed by atoms with Crippen LogP contribution in [0.5, 0.6) is 0 Å². The van der Waals surface area contributed by atoms with E-state index in [9.17, 15) is 13.2 Å². The number of sulfonamides is 1. The van der Waals surface area contributed by atoms with Gasteiger partial charge in [0.05, 0.1) is 11.7 Å². The maximum atomic E-state index is 12.6. The van der Waals surface area contributed by atoms with Crippen molar-refractivity contribution in [1.29, 1.82) is 0 Å². The van der Waals surface area contributed by atoms with Crippen LogP contribution in [0.4, 0.5) is 5.69 Å². The molecule has 0 saturated carbocycles. The van der Waals surface area contributed by atoms with Gasteiger partial charge in [-0.25, -0.2) is 12.7 Å². The number of carbonyl (C=O) groups is 1. The minimum Gasteiger partial charge on any atom is -0.462 e. The Morgan fingerprint density at radius 1 is 1.07 bits per heavy atom. The van der Waals surface area contributed by atoms with E-state index in [0.29, 0.717) is 25.9 Å². The summed E-state index contributed by atoms with van der Waals surface area (Å²) < 4.78 is 31.9. The van der Waals surface area contributed by atoms with E-state index >= 15 is 0 Å². The number of anilines is 1. The van der Waals surface area contributed by atoms with Crippen LogP contribution in [0.3, 0.4) is 0 Å². The third kappa shape index (κ3) is 4.94. The molecule has 3 aliphatic rings. The lowest BCUT2D eigenvalue weighted by Gasteiger charge is -2.36. The lowest BCUT2D eigenvalue weighted by Crippen LogP contribution is -2.47. The van der Waals surface area contributed by atoms with Gasteiger partial charge in [0.2, 0.25) is 10.0 Å². The fourth-order valence-electron chi connectivity index (χ4n) is 4.86. The van der Waals surface area contributed by atoms with Gasteiger partial charge in [-0.1, -0.05) is 0 Å². The molecule has 7 nitrogen and oxygen atoms in total. The van der Waals surface area contributed by atoms with Crippen molar-refractivity contribution in [2.24, 2.45) is 5.41 Å². The summed E-state index contributed by atoms with van der Waals surface area (Å²) in [6.07, 6.45) is 3.92. The zero-order valence-corrected chi connectivity index (χ0v) is 20.4. The van der Waals surface area contributed by atoms with Crippen molar-refractivity contribution < 1.29 is 17.9 Å². The number of ether oxygens (including phenoxy) is 1. The molecule has 0 bridgehead atoms. The highest BCUT2D eigenvalue weighted by atomic mass is 127. The number of nitrogens with zero attached hydrogens (tertiary/aromatic N) is 3. The summed E-state index contributed by atoms with van der Waals surface area (Å²) >= 11 is 2.33. The summed E-state index contributed by atoms with van der Waals surface area (Å²) in [6.45, 7) is 5.82. The van der Waals surface area contributed by atoms with Gasteiger partial charge in [-0.2, -0.15) is 0 Å². The van der Waals surface area contributed by atoms with Crippen LogP contribution in [-0.4, -0.2) is 81.8 Å². The van der Waals surface area contributed by atoms with Crippen LogP contribution in [0.15, 0.2) is 24.3 Å². The molecule has 0 aromatic heterocycles. The summed E-state index contributed by atoms with van der Waals surface area (Å²) in [5.74, 6) is -0.121. The average Bonchev–Trinajstić information content (AvgIpc) is 3.02. The molecule has 0 radical (unpaired) electrons. The van der Waals surface area contributed by atoms with Gasteiger partial charge in [0.25, 0.3) is 0 Å². The Kier molecular flexibility index (Phi) is 6.62. The first-order valence-electron chi connectivity index (χ1n) is 10.6. The van der Waals surface area contributed by atoms with Crippen LogP contribution in [0.25, 0.3) is 0 Å². The topological polar surface area (TPSA) is 70.2 Å². The number of benzene rings is 1. The normalized spacial score (nSPS) is 25.6. The Hall–Kier alpha value is -0.910. The number of hydrogen-bond donors (Lipinski definition) is 0. The highest BCUT2D eigenvalue weighted by Crippen LogP contribution is 2.44. The van der Waals surface area contributed by atoms with E-state index in [1.807, 2.05) is 0 Å². The predicted molar refractivity (Wildman–Crippen MR) is 125 cm³/mol. The number of halogens is 1. The summed E-state index contributed by atoms with van der Waals surface area (Å²) in [5.41, 5.74) is 0.803. The van der Waals surface area contributed by atoms with Gasteiger partial charge in [0.1, 0.15) is 6.10 Å². The highest BCUT2D eigenvalue weighted by molar-refractivity contribution is 14.1. The van der Waals surface area contributed by atoms with E-state index in [2.05, 4.69) is 56.7 Å². The van der Waals surface area contributed by atoms with Gasteiger partial charge in [-0.05, 0) is 66.1 Å². The minimum atomic E-state index is -3.18. The number of carbonyl (C=O) groups excluding carboxylic acids is 1. The molecular formula is C21H30IN3O4S. The van der Waals surface area contributed by atoms with Gasteiger partial charge in [0, 0.05) is 61.5 Å². The molecule has 166 valence electrons. The van der Waals surface area contributed by atoms with Crippen LogP contribution in [0, 0.1) is 8.99 Å². The molecule has 1 aromatic carbocycles. The number of piperazine rings is 1. The molecule has 9 heteroatoms. The van der Waals surface area contributed by atoms with E-state index in [-0.39, 0.29) is 12.1 Å². The zero-order valence-electron chi connectivity index (χ0n) is 17.4. The Bertz CT molecular complexity index is 861. The summed E-state index contributed by atoms with van der Waals surface area (Å²) in [5, 5.41) is 0. The molecule has 4 rings (SSSR count). The fraction of sp³-hybridized carbons (Fsp3) is 0.667. The molecule has 0 N–H and O–H groups in total. The minimum absolute atomic E-state index is 0.0449. The lowest BCUT2D eigenvalue weighted by atomic mass is 9.76. The SMILES string of the molecule is CS(=O)(=O)N1CCC2(CC1)C[C@@H](CCN1CCN(c3ccc(I)cc3)CC1)OC2=O. The van der Waals surface area contributed by atoms with Crippen molar-refractivity contribution in [3.8, 4) is 0 Å². The summed E-state index contributed by atoms with van der Waals surface area (Å²) in [4.78, 5) is 17.5. The molecule has 1 atom stereocenters. The van der Waals surface area contributed by atoms with E-state index in [1.165, 1.54) is 19.8 Å². The van der Waals surface area contributed by atoms with Gasteiger partial charge in [-0.15, -0.1) is 0 Å². The lowest BCUT2D eigenvalue weighted by molar-refractivity contribution is -0.150. The number of hydrogen-bond acceptors (Lipinski definition) is 6. The van der Waals surface area contributed by atoms with Crippen LogP contribution in [0.2, 0.25) is 0 Å². The molecule has 3 heterocycles.